The summed E-state index contributed by atoms with van der Waals surface area (Å²) in [4.78, 5) is 10.4. The molecule has 13 heavy (non-hydrogen) atoms. The summed E-state index contributed by atoms with van der Waals surface area (Å²) in [6.45, 7) is 1.21. The zero-order valence-electron chi connectivity index (χ0n) is 7.30. The molecule has 1 unspecified atom stereocenters. The maximum atomic E-state index is 11.6. The fourth-order valence-electron chi connectivity index (χ4n) is 0.739. The van der Waals surface area contributed by atoms with E-state index in [1.54, 1.807) is 6.92 Å². The number of hydrogen-bond donors (Lipinski definition) is 2. The highest BCUT2D eigenvalue weighted by atomic mass is 19.3. The van der Waals surface area contributed by atoms with Gasteiger partial charge in [0.15, 0.2) is 0 Å². The van der Waals surface area contributed by atoms with E-state index >= 15 is 0 Å². The van der Waals surface area contributed by atoms with Gasteiger partial charge in [0.1, 0.15) is 12.6 Å². The molecule has 0 fully saturated rings. The third-order valence-corrected chi connectivity index (χ3v) is 1.28. The highest BCUT2D eigenvalue weighted by Crippen LogP contribution is 1.94. The molecule has 2 N–H and O–H groups in total. The second-order valence-corrected chi connectivity index (χ2v) is 2.38. The number of alkyl halides is 2. The summed E-state index contributed by atoms with van der Waals surface area (Å²) in [5.41, 5.74) is 0. The standard InChI is InChI=1S/C7H13F2NO3/c1-2-10-5(7(11)12)3-13-4-6(8)9/h5-6,10H,2-4H2,1H3,(H,11,12). The van der Waals surface area contributed by atoms with Gasteiger partial charge in [-0.2, -0.15) is 0 Å². The Balaban J connectivity index is 3.63. The zero-order valence-corrected chi connectivity index (χ0v) is 7.30. The van der Waals surface area contributed by atoms with Crippen LogP contribution < -0.4 is 5.32 Å². The number of carbonyl (C=O) groups is 1. The molecule has 0 amide bonds. The molecule has 0 aliphatic rings. The van der Waals surface area contributed by atoms with Gasteiger partial charge in [-0.25, -0.2) is 8.78 Å². The minimum absolute atomic E-state index is 0.243. The highest BCUT2D eigenvalue weighted by molar-refractivity contribution is 5.73. The van der Waals surface area contributed by atoms with E-state index in [0.29, 0.717) is 6.54 Å². The second-order valence-electron chi connectivity index (χ2n) is 2.38. The van der Waals surface area contributed by atoms with E-state index in [1.807, 2.05) is 0 Å². The van der Waals surface area contributed by atoms with Crippen molar-refractivity contribution >= 4 is 5.97 Å². The average molecular weight is 197 g/mol. The van der Waals surface area contributed by atoms with Crippen molar-refractivity contribution in [2.45, 2.75) is 19.4 Å². The Labute approximate surface area is 74.9 Å². The lowest BCUT2D eigenvalue weighted by Gasteiger charge is -2.12. The molecule has 6 heteroatoms. The number of aliphatic carboxylic acids is 1. The molecule has 1 atom stereocenters. The molecule has 0 spiro atoms. The summed E-state index contributed by atoms with van der Waals surface area (Å²) in [5, 5.41) is 11.1. The summed E-state index contributed by atoms with van der Waals surface area (Å²) >= 11 is 0. The lowest BCUT2D eigenvalue weighted by atomic mass is 10.3. The number of likely N-dealkylation sites (N-methyl/N-ethyl adjacent to an activating group) is 1. The Morgan fingerprint density at radius 2 is 2.15 bits per heavy atom. The van der Waals surface area contributed by atoms with E-state index in [-0.39, 0.29) is 6.61 Å². The van der Waals surface area contributed by atoms with Gasteiger partial charge < -0.3 is 15.2 Å². The molecular weight excluding hydrogens is 184 g/mol. The largest absolute Gasteiger partial charge is 0.480 e. The van der Waals surface area contributed by atoms with Gasteiger partial charge in [0.05, 0.1) is 6.61 Å². The summed E-state index contributed by atoms with van der Waals surface area (Å²) < 4.78 is 27.6. The molecule has 0 bridgehead atoms. The van der Waals surface area contributed by atoms with Gasteiger partial charge in [-0.05, 0) is 6.54 Å². The number of rotatable bonds is 7. The van der Waals surface area contributed by atoms with Crippen molar-refractivity contribution < 1.29 is 23.4 Å². The Kier molecular flexibility index (Phi) is 6.34. The number of halogens is 2. The molecule has 0 aromatic carbocycles. The van der Waals surface area contributed by atoms with Crippen molar-refractivity contribution in [1.29, 1.82) is 0 Å². The van der Waals surface area contributed by atoms with Crippen molar-refractivity contribution in [2.24, 2.45) is 0 Å². The van der Waals surface area contributed by atoms with Gasteiger partial charge in [0.25, 0.3) is 6.43 Å². The van der Waals surface area contributed by atoms with Gasteiger partial charge in [-0.3, -0.25) is 4.79 Å². The predicted molar refractivity (Wildman–Crippen MR) is 41.9 cm³/mol. The van der Waals surface area contributed by atoms with E-state index in [0.717, 1.165) is 0 Å². The fraction of sp³-hybridized carbons (Fsp3) is 0.857. The molecular formula is C7H13F2NO3. The molecule has 0 aliphatic heterocycles. The van der Waals surface area contributed by atoms with Crippen LogP contribution in [0.1, 0.15) is 6.92 Å². The van der Waals surface area contributed by atoms with Crippen molar-refractivity contribution in [2.75, 3.05) is 19.8 Å². The fourth-order valence-corrected chi connectivity index (χ4v) is 0.739. The van der Waals surface area contributed by atoms with Crippen molar-refractivity contribution in [3.8, 4) is 0 Å². The van der Waals surface area contributed by atoms with Gasteiger partial charge >= 0.3 is 5.97 Å². The van der Waals surface area contributed by atoms with E-state index in [1.165, 1.54) is 0 Å². The number of hydrogen-bond acceptors (Lipinski definition) is 3. The van der Waals surface area contributed by atoms with Crippen LogP contribution in [-0.2, 0) is 9.53 Å². The van der Waals surface area contributed by atoms with E-state index < -0.39 is 25.0 Å². The molecule has 0 rings (SSSR count). The Bertz CT molecular complexity index is 155. The monoisotopic (exact) mass is 197 g/mol. The summed E-state index contributed by atoms with van der Waals surface area (Å²) in [6.07, 6.45) is -2.56. The first kappa shape index (κ1) is 12.2. The van der Waals surface area contributed by atoms with Gasteiger partial charge in [-0.1, -0.05) is 6.92 Å². The maximum Gasteiger partial charge on any atom is 0.323 e. The quantitative estimate of drug-likeness (QED) is 0.617. The summed E-state index contributed by atoms with van der Waals surface area (Å²) in [6, 6.07) is -0.913. The SMILES string of the molecule is CCNC(COCC(F)F)C(=O)O. The van der Waals surface area contributed by atoms with Crippen molar-refractivity contribution in [3.63, 3.8) is 0 Å². The number of carboxylic acid groups (broad SMARTS) is 1. The first-order valence-electron chi connectivity index (χ1n) is 3.90. The number of carboxylic acids is 1. The van der Waals surface area contributed by atoms with Crippen LogP contribution in [0.4, 0.5) is 8.78 Å². The number of nitrogens with one attached hydrogen (secondary N) is 1. The normalized spacial score (nSPS) is 13.2. The first-order chi connectivity index (χ1) is 6.07. The van der Waals surface area contributed by atoms with Crippen LogP contribution in [0, 0.1) is 0 Å². The second kappa shape index (κ2) is 6.73. The zero-order chi connectivity index (χ0) is 10.3. The van der Waals surface area contributed by atoms with Crippen LogP contribution in [0.5, 0.6) is 0 Å². The van der Waals surface area contributed by atoms with Crippen molar-refractivity contribution in [3.05, 3.63) is 0 Å². The average Bonchev–Trinajstić information content (AvgIpc) is 2.02. The molecule has 0 radical (unpaired) electrons. The third-order valence-electron chi connectivity index (χ3n) is 1.28. The Hall–Kier alpha value is -0.750. The molecule has 0 saturated heterocycles. The Morgan fingerprint density at radius 3 is 2.54 bits per heavy atom. The maximum absolute atomic E-state index is 11.6. The molecule has 0 aromatic heterocycles. The van der Waals surface area contributed by atoms with Gasteiger partial charge in [0, 0.05) is 0 Å². The lowest BCUT2D eigenvalue weighted by molar-refractivity contribution is -0.141. The number of ether oxygens (including phenoxy) is 1. The van der Waals surface area contributed by atoms with Crippen molar-refractivity contribution in [1.82, 2.24) is 5.32 Å². The summed E-state index contributed by atoms with van der Waals surface area (Å²) in [5.74, 6) is -1.10. The van der Waals surface area contributed by atoms with Crippen LogP contribution >= 0.6 is 0 Å². The van der Waals surface area contributed by atoms with Gasteiger partial charge in [-0.15, -0.1) is 0 Å². The van der Waals surface area contributed by atoms with Crippen LogP contribution in [0.25, 0.3) is 0 Å². The molecule has 0 saturated carbocycles. The van der Waals surface area contributed by atoms with E-state index in [9.17, 15) is 13.6 Å². The minimum Gasteiger partial charge on any atom is -0.480 e. The molecule has 78 valence electrons. The highest BCUT2D eigenvalue weighted by Gasteiger charge is 2.16. The van der Waals surface area contributed by atoms with E-state index in [4.69, 9.17) is 5.11 Å². The molecule has 0 aromatic rings. The molecule has 0 heterocycles. The first-order valence-corrected chi connectivity index (χ1v) is 3.90. The van der Waals surface area contributed by atoms with Crippen LogP contribution in [0.15, 0.2) is 0 Å². The van der Waals surface area contributed by atoms with E-state index in [2.05, 4.69) is 10.1 Å². The van der Waals surface area contributed by atoms with Crippen LogP contribution in [0.2, 0.25) is 0 Å². The molecule has 0 aliphatic carbocycles. The lowest BCUT2D eigenvalue weighted by Crippen LogP contribution is -2.40. The Morgan fingerprint density at radius 1 is 1.54 bits per heavy atom. The summed E-state index contributed by atoms with van der Waals surface area (Å²) in [7, 11) is 0. The smallest absolute Gasteiger partial charge is 0.323 e. The third kappa shape index (κ3) is 6.41. The topological polar surface area (TPSA) is 58.6 Å². The molecule has 4 nitrogen and oxygen atoms in total. The predicted octanol–water partition coefficient (Wildman–Crippen LogP) is 0.331. The van der Waals surface area contributed by atoms with Gasteiger partial charge in [0.2, 0.25) is 0 Å². The minimum atomic E-state index is -2.56. The van der Waals surface area contributed by atoms with Crippen LogP contribution in [-0.4, -0.2) is 43.3 Å². The van der Waals surface area contributed by atoms with Crippen LogP contribution in [0.3, 0.4) is 0 Å².